The minimum absolute atomic E-state index is 0.0365. The van der Waals surface area contributed by atoms with Gasteiger partial charge in [0.1, 0.15) is 11.6 Å². The van der Waals surface area contributed by atoms with Crippen LogP contribution in [-0.4, -0.2) is 0 Å². The molecule has 0 unspecified atom stereocenters. The maximum Gasteiger partial charge on any atom is 0.132 e. The lowest BCUT2D eigenvalue weighted by atomic mass is 10.1. The third-order valence-corrected chi connectivity index (χ3v) is 1.72. The molecule has 1 aromatic rings. The molecule has 1 rings (SSSR count). The highest BCUT2D eigenvalue weighted by molar-refractivity contribution is 6.30. The molecule has 12 heavy (non-hydrogen) atoms. The highest BCUT2D eigenvalue weighted by Gasteiger charge is 2.13. The molecule has 0 aromatic heterocycles. The molecule has 2 N–H and O–H groups in total. The lowest BCUT2D eigenvalue weighted by molar-refractivity contribution is 0.537. The molecule has 0 aliphatic heterocycles. The van der Waals surface area contributed by atoms with Gasteiger partial charge in [0.25, 0.3) is 0 Å². The summed E-state index contributed by atoms with van der Waals surface area (Å²) >= 11 is 5.41. The van der Waals surface area contributed by atoms with E-state index in [9.17, 15) is 8.78 Å². The second kappa shape index (κ2) is 3.37. The van der Waals surface area contributed by atoms with Crippen LogP contribution in [0, 0.1) is 11.6 Å². The van der Waals surface area contributed by atoms with Crippen LogP contribution in [0.3, 0.4) is 0 Å². The molecule has 0 aliphatic carbocycles. The predicted octanol–water partition coefficient (Wildman–Crippen LogP) is 2.64. The van der Waals surface area contributed by atoms with Crippen molar-refractivity contribution < 1.29 is 8.78 Å². The normalized spacial score (nSPS) is 13.1. The number of nitrogens with two attached hydrogens (primary N) is 1. The highest BCUT2D eigenvalue weighted by Crippen LogP contribution is 2.22. The van der Waals surface area contributed by atoms with E-state index in [0.717, 1.165) is 12.1 Å². The van der Waals surface area contributed by atoms with E-state index in [0.29, 0.717) is 0 Å². The smallest absolute Gasteiger partial charge is 0.132 e. The Morgan fingerprint density at radius 3 is 2.08 bits per heavy atom. The van der Waals surface area contributed by atoms with Crippen LogP contribution < -0.4 is 5.73 Å². The Hall–Kier alpha value is -0.670. The zero-order valence-corrected chi connectivity index (χ0v) is 7.20. The summed E-state index contributed by atoms with van der Waals surface area (Å²) in [5.74, 6) is -1.40. The molecule has 1 aromatic carbocycles. The van der Waals surface area contributed by atoms with Gasteiger partial charge in [-0.1, -0.05) is 11.6 Å². The minimum atomic E-state index is -0.699. The van der Waals surface area contributed by atoms with Crippen molar-refractivity contribution in [1.82, 2.24) is 0 Å². The Morgan fingerprint density at radius 2 is 1.75 bits per heavy atom. The van der Waals surface area contributed by atoms with E-state index in [1.54, 1.807) is 0 Å². The van der Waals surface area contributed by atoms with Gasteiger partial charge < -0.3 is 5.73 Å². The van der Waals surface area contributed by atoms with Crippen LogP contribution in [0.4, 0.5) is 8.78 Å². The maximum atomic E-state index is 13.0. The molecular weight excluding hydrogens is 184 g/mol. The zero-order chi connectivity index (χ0) is 9.30. The molecule has 4 heteroatoms. The molecule has 1 nitrogen and oxygen atoms in total. The Balaban J connectivity index is 3.28. The Bertz CT molecular complexity index is 276. The summed E-state index contributed by atoms with van der Waals surface area (Å²) in [5.41, 5.74) is 5.22. The van der Waals surface area contributed by atoms with Gasteiger partial charge in [-0.15, -0.1) is 0 Å². The van der Waals surface area contributed by atoms with Crippen LogP contribution in [-0.2, 0) is 0 Å². The summed E-state index contributed by atoms with van der Waals surface area (Å²) in [4.78, 5) is 0. The summed E-state index contributed by atoms with van der Waals surface area (Å²) in [5, 5.41) is 0.0365. The second-order valence-electron chi connectivity index (χ2n) is 2.57. The largest absolute Gasteiger partial charge is 0.324 e. The topological polar surface area (TPSA) is 26.0 Å². The van der Waals surface area contributed by atoms with Gasteiger partial charge >= 0.3 is 0 Å². The van der Waals surface area contributed by atoms with Crippen molar-refractivity contribution in [2.24, 2.45) is 5.73 Å². The van der Waals surface area contributed by atoms with E-state index in [-0.39, 0.29) is 10.6 Å². The summed E-state index contributed by atoms with van der Waals surface area (Å²) in [7, 11) is 0. The first kappa shape index (κ1) is 9.42. The van der Waals surface area contributed by atoms with Gasteiger partial charge in [0.2, 0.25) is 0 Å². The predicted molar refractivity (Wildman–Crippen MR) is 44.0 cm³/mol. The molecular formula is C8H8ClF2N. The number of hydrogen-bond donors (Lipinski definition) is 1. The third-order valence-electron chi connectivity index (χ3n) is 1.50. The lowest BCUT2D eigenvalue weighted by Crippen LogP contribution is -2.10. The molecule has 0 saturated carbocycles. The monoisotopic (exact) mass is 191 g/mol. The molecule has 0 aliphatic rings. The molecule has 0 amide bonds. The van der Waals surface area contributed by atoms with Crippen LogP contribution >= 0.6 is 11.6 Å². The van der Waals surface area contributed by atoms with Crippen LogP contribution in [0.2, 0.25) is 5.02 Å². The quantitative estimate of drug-likeness (QED) is 0.726. The van der Waals surface area contributed by atoms with E-state index in [4.69, 9.17) is 17.3 Å². The van der Waals surface area contributed by atoms with E-state index in [1.807, 2.05) is 0 Å². The van der Waals surface area contributed by atoms with Gasteiger partial charge in [0.05, 0.1) is 0 Å². The van der Waals surface area contributed by atoms with Gasteiger partial charge in [-0.2, -0.15) is 0 Å². The van der Waals surface area contributed by atoms with Gasteiger partial charge in [-0.25, -0.2) is 8.78 Å². The fraction of sp³-hybridized carbons (Fsp3) is 0.250. The van der Waals surface area contributed by atoms with Gasteiger partial charge in [0.15, 0.2) is 0 Å². The first-order valence-electron chi connectivity index (χ1n) is 3.42. The first-order valence-corrected chi connectivity index (χ1v) is 3.80. The molecule has 0 radical (unpaired) electrons. The van der Waals surface area contributed by atoms with Crippen LogP contribution in [0.15, 0.2) is 12.1 Å². The van der Waals surface area contributed by atoms with Crippen molar-refractivity contribution in [3.63, 3.8) is 0 Å². The van der Waals surface area contributed by atoms with Gasteiger partial charge in [-0.3, -0.25) is 0 Å². The van der Waals surface area contributed by atoms with Crippen LogP contribution in [0.25, 0.3) is 0 Å². The summed E-state index contributed by atoms with van der Waals surface area (Å²) in [6.45, 7) is 1.51. The summed E-state index contributed by atoms with van der Waals surface area (Å²) < 4.78 is 25.9. The summed E-state index contributed by atoms with van der Waals surface area (Å²) in [6, 6.07) is 1.43. The van der Waals surface area contributed by atoms with E-state index in [1.165, 1.54) is 6.92 Å². The van der Waals surface area contributed by atoms with Crippen molar-refractivity contribution in [2.75, 3.05) is 0 Å². The van der Waals surface area contributed by atoms with E-state index in [2.05, 4.69) is 0 Å². The average Bonchev–Trinajstić information content (AvgIpc) is 1.82. The molecule has 0 saturated heterocycles. The SMILES string of the molecule is C[C@@H](N)c1c(F)cc(Cl)cc1F. The van der Waals surface area contributed by atoms with Crippen molar-refractivity contribution in [3.05, 3.63) is 34.4 Å². The summed E-state index contributed by atoms with van der Waals surface area (Å²) in [6.07, 6.45) is 0. The number of benzene rings is 1. The fourth-order valence-electron chi connectivity index (χ4n) is 0.988. The van der Waals surface area contributed by atoms with Crippen LogP contribution in [0.5, 0.6) is 0 Å². The first-order chi connectivity index (χ1) is 5.52. The lowest BCUT2D eigenvalue weighted by Gasteiger charge is -2.08. The Morgan fingerprint density at radius 1 is 1.33 bits per heavy atom. The van der Waals surface area contributed by atoms with E-state index < -0.39 is 17.7 Å². The van der Waals surface area contributed by atoms with Crippen molar-refractivity contribution >= 4 is 11.6 Å². The zero-order valence-electron chi connectivity index (χ0n) is 6.44. The Labute approximate surface area is 74.1 Å². The molecule has 0 spiro atoms. The van der Waals surface area contributed by atoms with Crippen molar-refractivity contribution in [3.8, 4) is 0 Å². The highest BCUT2D eigenvalue weighted by atomic mass is 35.5. The second-order valence-corrected chi connectivity index (χ2v) is 3.01. The van der Waals surface area contributed by atoms with Crippen LogP contribution in [0.1, 0.15) is 18.5 Å². The van der Waals surface area contributed by atoms with Gasteiger partial charge in [0, 0.05) is 16.6 Å². The van der Waals surface area contributed by atoms with Gasteiger partial charge in [-0.05, 0) is 19.1 Å². The Kier molecular flexibility index (Phi) is 2.65. The molecule has 0 fully saturated rings. The maximum absolute atomic E-state index is 13.0. The fourth-order valence-corrected chi connectivity index (χ4v) is 1.18. The van der Waals surface area contributed by atoms with Crippen molar-refractivity contribution in [2.45, 2.75) is 13.0 Å². The minimum Gasteiger partial charge on any atom is -0.324 e. The molecule has 0 bridgehead atoms. The standard InChI is InChI=1S/C8H8ClF2N/c1-4(12)8-6(10)2-5(9)3-7(8)11/h2-4H,12H2,1H3/t4-/m1/s1. The van der Waals surface area contributed by atoms with Crippen molar-refractivity contribution in [1.29, 1.82) is 0 Å². The number of halogens is 3. The third kappa shape index (κ3) is 1.73. The molecule has 66 valence electrons. The molecule has 1 atom stereocenters. The number of hydrogen-bond acceptors (Lipinski definition) is 1. The average molecular weight is 192 g/mol. The van der Waals surface area contributed by atoms with E-state index >= 15 is 0 Å². The molecule has 0 heterocycles. The number of rotatable bonds is 1.